The first-order valence-corrected chi connectivity index (χ1v) is 7.74. The summed E-state index contributed by atoms with van der Waals surface area (Å²) in [6, 6.07) is 2.63. The van der Waals surface area contributed by atoms with Crippen LogP contribution in [0.5, 0.6) is 0 Å². The van der Waals surface area contributed by atoms with Gasteiger partial charge in [-0.2, -0.15) is 5.26 Å². The van der Waals surface area contributed by atoms with E-state index in [4.69, 9.17) is 0 Å². The average molecular weight is 273 g/mol. The van der Waals surface area contributed by atoms with Gasteiger partial charge in [0.2, 0.25) is 0 Å². The smallest absolute Gasteiger partial charge is 0.108 e. The van der Waals surface area contributed by atoms with Crippen LogP contribution in [-0.2, 0) is 13.5 Å². The van der Waals surface area contributed by atoms with Gasteiger partial charge >= 0.3 is 0 Å². The molecule has 1 aromatic heterocycles. The number of imidazole rings is 1. The summed E-state index contributed by atoms with van der Waals surface area (Å²) in [5, 5.41) is 9.65. The molecule has 1 saturated carbocycles. The largest absolute Gasteiger partial charge is 0.338 e. The van der Waals surface area contributed by atoms with Crippen molar-refractivity contribution < 1.29 is 0 Å². The van der Waals surface area contributed by atoms with Crippen molar-refractivity contribution in [1.82, 2.24) is 9.55 Å². The van der Waals surface area contributed by atoms with Gasteiger partial charge in [-0.25, -0.2) is 4.98 Å². The van der Waals surface area contributed by atoms with Crippen LogP contribution in [0, 0.1) is 28.1 Å². The summed E-state index contributed by atoms with van der Waals surface area (Å²) in [4.78, 5) is 4.37. The minimum atomic E-state index is -0.117. The standard InChI is InChI=1S/C17H27N3/c1-16(2,3)14-5-8-17(13-18,9-6-14)10-7-15-19-11-12-20(15)4/h11-12,14H,5-10H2,1-4H3. The van der Waals surface area contributed by atoms with E-state index in [2.05, 4.69) is 36.4 Å². The molecule has 0 amide bonds. The second-order valence-corrected chi connectivity index (χ2v) is 7.49. The molecule has 0 aromatic carbocycles. The van der Waals surface area contributed by atoms with Gasteiger partial charge < -0.3 is 4.57 Å². The van der Waals surface area contributed by atoms with Gasteiger partial charge in [0, 0.05) is 25.9 Å². The van der Waals surface area contributed by atoms with Gasteiger partial charge in [0.1, 0.15) is 5.82 Å². The van der Waals surface area contributed by atoms with Crippen molar-refractivity contribution in [2.45, 2.75) is 59.3 Å². The second kappa shape index (κ2) is 5.60. The summed E-state index contributed by atoms with van der Waals surface area (Å²) in [7, 11) is 2.03. The lowest BCUT2D eigenvalue weighted by Gasteiger charge is -2.40. The molecule has 110 valence electrons. The average Bonchev–Trinajstić information content (AvgIpc) is 2.81. The zero-order chi connectivity index (χ0) is 14.8. The Morgan fingerprint density at radius 2 is 2.05 bits per heavy atom. The Balaban J connectivity index is 1.96. The highest BCUT2D eigenvalue weighted by Crippen LogP contribution is 2.47. The predicted octanol–water partition coefficient (Wildman–Crippen LogP) is 4.10. The highest BCUT2D eigenvalue weighted by molar-refractivity contribution is 5.04. The van der Waals surface area contributed by atoms with Gasteiger partial charge in [-0.15, -0.1) is 0 Å². The Labute approximate surface area is 123 Å². The highest BCUT2D eigenvalue weighted by Gasteiger charge is 2.38. The number of aryl methyl sites for hydroxylation is 2. The number of hydrogen-bond acceptors (Lipinski definition) is 2. The van der Waals surface area contributed by atoms with Gasteiger partial charge in [-0.05, 0) is 43.4 Å². The summed E-state index contributed by atoms with van der Waals surface area (Å²) < 4.78 is 2.06. The van der Waals surface area contributed by atoms with Crippen molar-refractivity contribution in [2.75, 3.05) is 0 Å². The van der Waals surface area contributed by atoms with Gasteiger partial charge in [0.05, 0.1) is 11.5 Å². The Hall–Kier alpha value is -1.30. The van der Waals surface area contributed by atoms with E-state index in [0.29, 0.717) is 5.41 Å². The lowest BCUT2D eigenvalue weighted by Crippen LogP contribution is -2.32. The van der Waals surface area contributed by atoms with E-state index in [1.54, 1.807) is 0 Å². The Kier molecular flexibility index (Phi) is 4.22. The van der Waals surface area contributed by atoms with E-state index in [1.165, 1.54) is 12.8 Å². The third-order valence-electron chi connectivity index (χ3n) is 5.15. The minimum Gasteiger partial charge on any atom is -0.338 e. The van der Waals surface area contributed by atoms with E-state index in [0.717, 1.165) is 37.4 Å². The fourth-order valence-corrected chi connectivity index (χ4v) is 3.44. The number of rotatable bonds is 3. The summed E-state index contributed by atoms with van der Waals surface area (Å²) in [5.41, 5.74) is 0.259. The van der Waals surface area contributed by atoms with Crippen LogP contribution in [0.15, 0.2) is 12.4 Å². The van der Waals surface area contributed by atoms with Crippen LogP contribution < -0.4 is 0 Å². The lowest BCUT2D eigenvalue weighted by atomic mass is 9.63. The normalized spacial score (nSPS) is 27.2. The summed E-state index contributed by atoms with van der Waals surface area (Å²) >= 11 is 0. The molecule has 0 atom stereocenters. The topological polar surface area (TPSA) is 41.6 Å². The van der Waals surface area contributed by atoms with Crippen molar-refractivity contribution in [3.63, 3.8) is 0 Å². The molecule has 2 rings (SSSR count). The first kappa shape index (κ1) is 15.1. The molecule has 1 aromatic rings. The monoisotopic (exact) mass is 273 g/mol. The number of hydrogen-bond donors (Lipinski definition) is 0. The molecule has 3 heteroatoms. The second-order valence-electron chi connectivity index (χ2n) is 7.49. The molecule has 0 aliphatic heterocycles. The SMILES string of the molecule is Cn1ccnc1CCC1(C#N)CCC(C(C)(C)C)CC1. The van der Waals surface area contributed by atoms with Crippen LogP contribution in [0.25, 0.3) is 0 Å². The molecule has 0 saturated heterocycles. The van der Waals surface area contributed by atoms with E-state index in [9.17, 15) is 5.26 Å². The Bertz CT molecular complexity index is 479. The van der Waals surface area contributed by atoms with E-state index in [1.807, 2.05) is 19.4 Å². The number of nitrogens with zero attached hydrogens (tertiary/aromatic N) is 3. The van der Waals surface area contributed by atoms with Crippen molar-refractivity contribution in [3.8, 4) is 6.07 Å². The molecular formula is C17H27N3. The zero-order valence-electron chi connectivity index (χ0n) is 13.3. The van der Waals surface area contributed by atoms with Crippen LogP contribution in [0.3, 0.4) is 0 Å². The quantitative estimate of drug-likeness (QED) is 0.832. The molecular weight excluding hydrogens is 246 g/mol. The maximum absolute atomic E-state index is 9.65. The molecule has 0 unspecified atom stereocenters. The van der Waals surface area contributed by atoms with E-state index >= 15 is 0 Å². The van der Waals surface area contributed by atoms with Crippen LogP contribution in [-0.4, -0.2) is 9.55 Å². The number of nitriles is 1. The molecule has 0 spiro atoms. The maximum atomic E-state index is 9.65. The van der Waals surface area contributed by atoms with Crippen LogP contribution in [0.1, 0.15) is 58.7 Å². The first-order valence-electron chi connectivity index (χ1n) is 7.74. The maximum Gasteiger partial charge on any atom is 0.108 e. The Morgan fingerprint density at radius 3 is 2.50 bits per heavy atom. The molecule has 0 radical (unpaired) electrons. The fraction of sp³-hybridized carbons (Fsp3) is 0.765. The van der Waals surface area contributed by atoms with Crippen LogP contribution in [0.2, 0.25) is 0 Å². The fourth-order valence-electron chi connectivity index (χ4n) is 3.44. The predicted molar refractivity (Wildman–Crippen MR) is 81.0 cm³/mol. The molecule has 0 bridgehead atoms. The van der Waals surface area contributed by atoms with E-state index in [-0.39, 0.29) is 5.41 Å². The van der Waals surface area contributed by atoms with Gasteiger partial charge in [0.15, 0.2) is 0 Å². The van der Waals surface area contributed by atoms with Crippen molar-refractivity contribution in [2.24, 2.45) is 23.8 Å². The summed E-state index contributed by atoms with van der Waals surface area (Å²) in [5.74, 6) is 1.86. The molecule has 1 fully saturated rings. The summed E-state index contributed by atoms with van der Waals surface area (Å²) in [6.45, 7) is 6.97. The van der Waals surface area contributed by atoms with Crippen molar-refractivity contribution in [3.05, 3.63) is 18.2 Å². The van der Waals surface area contributed by atoms with E-state index < -0.39 is 0 Å². The van der Waals surface area contributed by atoms with Gasteiger partial charge in [-0.3, -0.25) is 0 Å². The third-order valence-corrected chi connectivity index (χ3v) is 5.15. The van der Waals surface area contributed by atoms with Crippen molar-refractivity contribution >= 4 is 0 Å². The molecule has 1 aliphatic carbocycles. The van der Waals surface area contributed by atoms with Gasteiger partial charge in [-0.1, -0.05) is 20.8 Å². The highest BCUT2D eigenvalue weighted by atomic mass is 15.0. The van der Waals surface area contributed by atoms with Gasteiger partial charge in [0.25, 0.3) is 0 Å². The molecule has 3 nitrogen and oxygen atoms in total. The first-order chi connectivity index (χ1) is 9.36. The van der Waals surface area contributed by atoms with Crippen LogP contribution >= 0.6 is 0 Å². The third kappa shape index (κ3) is 3.23. The zero-order valence-corrected chi connectivity index (χ0v) is 13.3. The van der Waals surface area contributed by atoms with Crippen molar-refractivity contribution in [1.29, 1.82) is 5.26 Å². The molecule has 1 aliphatic rings. The number of aromatic nitrogens is 2. The van der Waals surface area contributed by atoms with Crippen LogP contribution in [0.4, 0.5) is 0 Å². The Morgan fingerprint density at radius 1 is 1.40 bits per heavy atom. The molecule has 1 heterocycles. The summed E-state index contributed by atoms with van der Waals surface area (Å²) in [6.07, 6.45) is 10.2. The minimum absolute atomic E-state index is 0.117. The molecule has 20 heavy (non-hydrogen) atoms. The lowest BCUT2D eigenvalue weighted by molar-refractivity contribution is 0.115. The molecule has 0 N–H and O–H groups in total.